The van der Waals surface area contributed by atoms with Gasteiger partial charge >= 0.3 is 0 Å². The van der Waals surface area contributed by atoms with Gasteiger partial charge in [0.05, 0.1) is 19.2 Å². The van der Waals surface area contributed by atoms with E-state index in [0.717, 1.165) is 37.1 Å². The largest absolute Gasteiger partial charge is 0.387 e. The summed E-state index contributed by atoms with van der Waals surface area (Å²) in [5.41, 5.74) is 2.01. The normalized spacial score (nSPS) is 22.7. The van der Waals surface area contributed by atoms with E-state index in [2.05, 4.69) is 10.2 Å². The van der Waals surface area contributed by atoms with E-state index in [9.17, 15) is 9.90 Å². The monoisotopic (exact) mass is 303 g/mol. The van der Waals surface area contributed by atoms with E-state index in [-0.39, 0.29) is 5.91 Å². The molecule has 1 aromatic carbocycles. The Hall–Kier alpha value is -1.43. The van der Waals surface area contributed by atoms with E-state index < -0.39 is 6.10 Å². The van der Waals surface area contributed by atoms with Crippen LogP contribution >= 0.6 is 0 Å². The Labute approximate surface area is 131 Å². The average Bonchev–Trinajstić information content (AvgIpc) is 2.55. The van der Waals surface area contributed by atoms with Crippen LogP contribution in [0.3, 0.4) is 0 Å². The number of rotatable bonds is 3. The van der Waals surface area contributed by atoms with Gasteiger partial charge in [0.1, 0.15) is 0 Å². The Bertz CT molecular complexity index is 528. The number of carbonyl (C=O) groups is 1. The van der Waals surface area contributed by atoms with Crippen LogP contribution in [-0.4, -0.2) is 60.1 Å². The molecule has 0 spiro atoms. The number of fused-ring (bicyclic) bond motifs is 1. The summed E-state index contributed by atoms with van der Waals surface area (Å²) in [5.74, 6) is 0.106. The van der Waals surface area contributed by atoms with E-state index in [4.69, 9.17) is 0 Å². The van der Waals surface area contributed by atoms with Crippen molar-refractivity contribution in [2.45, 2.75) is 31.5 Å². The fourth-order valence-corrected chi connectivity index (χ4v) is 3.46. The van der Waals surface area contributed by atoms with Crippen LogP contribution in [0.2, 0.25) is 0 Å². The zero-order chi connectivity index (χ0) is 15.5. The maximum atomic E-state index is 12.6. The van der Waals surface area contributed by atoms with E-state index in [1.807, 2.05) is 31.3 Å². The summed E-state index contributed by atoms with van der Waals surface area (Å²) < 4.78 is 0. The highest BCUT2D eigenvalue weighted by atomic mass is 16.3. The number of carbonyl (C=O) groups excluding carboxylic acids is 1. The molecule has 5 nitrogen and oxygen atoms in total. The smallest absolute Gasteiger partial charge is 0.237 e. The number of hydrogen-bond donors (Lipinski definition) is 2. The number of amides is 1. The van der Waals surface area contributed by atoms with Crippen molar-refractivity contribution >= 4 is 5.91 Å². The minimum atomic E-state index is -0.571. The summed E-state index contributed by atoms with van der Waals surface area (Å²) in [6.45, 7) is 3.49. The predicted octanol–water partition coefficient (Wildman–Crippen LogP) is 0.746. The second kappa shape index (κ2) is 6.77. The lowest BCUT2D eigenvalue weighted by molar-refractivity contribution is -0.135. The van der Waals surface area contributed by atoms with Gasteiger partial charge in [-0.3, -0.25) is 9.69 Å². The molecule has 5 heteroatoms. The quantitative estimate of drug-likeness (QED) is 0.865. The number of aliphatic hydroxyl groups excluding tert-OH is 1. The molecule has 0 saturated carbocycles. The maximum absolute atomic E-state index is 12.6. The molecular weight excluding hydrogens is 278 g/mol. The number of β-amino-alcohol motifs (C(OH)–C–C–N with tert-alkyl or cyclic N) is 1. The number of nitrogens with one attached hydrogen (secondary N) is 1. The number of likely N-dealkylation sites (N-methyl/N-ethyl adjacent to an activating group) is 1. The van der Waals surface area contributed by atoms with Gasteiger partial charge in [-0.25, -0.2) is 0 Å². The Balaban J connectivity index is 1.61. The van der Waals surface area contributed by atoms with E-state index >= 15 is 0 Å². The average molecular weight is 303 g/mol. The zero-order valence-corrected chi connectivity index (χ0v) is 13.2. The molecule has 1 fully saturated rings. The fourth-order valence-electron chi connectivity index (χ4n) is 3.46. The number of piperidine rings is 1. The van der Waals surface area contributed by atoms with Crippen LogP contribution in [0.25, 0.3) is 0 Å². The highest BCUT2D eigenvalue weighted by Gasteiger charge is 2.28. The first-order chi connectivity index (χ1) is 10.6. The first kappa shape index (κ1) is 15.5. The van der Waals surface area contributed by atoms with E-state index in [1.165, 1.54) is 0 Å². The first-order valence-corrected chi connectivity index (χ1v) is 8.10. The Morgan fingerprint density at radius 3 is 2.86 bits per heavy atom. The van der Waals surface area contributed by atoms with Crippen LogP contribution < -0.4 is 5.32 Å². The highest BCUT2D eigenvalue weighted by molar-refractivity contribution is 5.78. The van der Waals surface area contributed by atoms with Crippen LogP contribution in [0.15, 0.2) is 24.3 Å². The van der Waals surface area contributed by atoms with Crippen molar-refractivity contribution in [3.8, 4) is 0 Å². The van der Waals surface area contributed by atoms with Crippen LogP contribution in [0.1, 0.15) is 30.1 Å². The molecule has 1 amide bonds. The lowest BCUT2D eigenvalue weighted by atomic mass is 9.97. The zero-order valence-electron chi connectivity index (χ0n) is 13.2. The summed E-state index contributed by atoms with van der Waals surface area (Å²) in [7, 11) is 2.03. The fraction of sp³-hybridized carbons (Fsp3) is 0.588. The number of benzene rings is 1. The van der Waals surface area contributed by atoms with Crippen LogP contribution in [0.5, 0.6) is 0 Å². The van der Waals surface area contributed by atoms with Crippen molar-refractivity contribution in [3.05, 3.63) is 35.4 Å². The standard InChI is InChI=1S/C17H25N3O2/c1-19(14-6-8-18-9-7-14)12-17(22)20-10-13-4-2-3-5-15(13)16(21)11-20/h2-5,14,16,18,21H,6-12H2,1H3/t16-/m1/s1. The molecule has 0 aliphatic carbocycles. The number of nitrogens with zero attached hydrogens (tertiary/aromatic N) is 2. The molecule has 120 valence electrons. The van der Waals surface area contributed by atoms with Crippen molar-refractivity contribution < 1.29 is 9.90 Å². The molecule has 1 atom stereocenters. The van der Waals surface area contributed by atoms with Gasteiger partial charge in [0, 0.05) is 12.6 Å². The molecule has 1 aromatic rings. The van der Waals surface area contributed by atoms with E-state index in [1.54, 1.807) is 4.90 Å². The number of aliphatic hydroxyl groups is 1. The molecular formula is C17H25N3O2. The molecule has 2 heterocycles. The maximum Gasteiger partial charge on any atom is 0.237 e. The lowest BCUT2D eigenvalue weighted by Gasteiger charge is -2.35. The van der Waals surface area contributed by atoms with Gasteiger partial charge in [-0.2, -0.15) is 0 Å². The third-order valence-electron chi connectivity index (χ3n) is 4.84. The van der Waals surface area contributed by atoms with Gasteiger partial charge in [0.2, 0.25) is 5.91 Å². The van der Waals surface area contributed by atoms with Crippen molar-refractivity contribution in [1.29, 1.82) is 0 Å². The van der Waals surface area contributed by atoms with Gasteiger partial charge in [-0.15, -0.1) is 0 Å². The third kappa shape index (κ3) is 3.32. The lowest BCUT2D eigenvalue weighted by Crippen LogP contribution is -2.47. The van der Waals surface area contributed by atoms with Crippen LogP contribution in [0, 0.1) is 0 Å². The van der Waals surface area contributed by atoms with Crippen molar-refractivity contribution in [2.75, 3.05) is 33.2 Å². The topological polar surface area (TPSA) is 55.8 Å². The van der Waals surface area contributed by atoms with Gasteiger partial charge in [-0.1, -0.05) is 24.3 Å². The van der Waals surface area contributed by atoms with Gasteiger partial charge in [0.15, 0.2) is 0 Å². The molecule has 0 radical (unpaired) electrons. The molecule has 2 N–H and O–H groups in total. The van der Waals surface area contributed by atoms with E-state index in [0.29, 0.717) is 25.7 Å². The molecule has 0 aromatic heterocycles. The Morgan fingerprint density at radius 1 is 1.36 bits per heavy atom. The summed E-state index contributed by atoms with van der Waals surface area (Å²) >= 11 is 0. The minimum absolute atomic E-state index is 0.106. The first-order valence-electron chi connectivity index (χ1n) is 8.10. The molecule has 2 aliphatic heterocycles. The summed E-state index contributed by atoms with van der Waals surface area (Å²) in [6.07, 6.45) is 1.61. The van der Waals surface area contributed by atoms with Crippen LogP contribution in [-0.2, 0) is 11.3 Å². The predicted molar refractivity (Wildman–Crippen MR) is 85.3 cm³/mol. The Morgan fingerprint density at radius 2 is 2.09 bits per heavy atom. The molecule has 22 heavy (non-hydrogen) atoms. The van der Waals surface area contributed by atoms with Gasteiger partial charge in [0.25, 0.3) is 0 Å². The molecule has 1 saturated heterocycles. The second-order valence-electron chi connectivity index (χ2n) is 6.39. The highest BCUT2D eigenvalue weighted by Crippen LogP contribution is 2.26. The molecule has 0 bridgehead atoms. The van der Waals surface area contributed by atoms with Crippen molar-refractivity contribution in [1.82, 2.24) is 15.1 Å². The summed E-state index contributed by atoms with van der Waals surface area (Å²) in [6, 6.07) is 8.31. The van der Waals surface area contributed by atoms with Crippen molar-refractivity contribution in [2.24, 2.45) is 0 Å². The number of hydrogen-bond acceptors (Lipinski definition) is 4. The van der Waals surface area contributed by atoms with Crippen molar-refractivity contribution in [3.63, 3.8) is 0 Å². The molecule has 0 unspecified atom stereocenters. The van der Waals surface area contributed by atoms with Gasteiger partial charge < -0.3 is 15.3 Å². The summed E-state index contributed by atoms with van der Waals surface area (Å²) in [5, 5.41) is 13.6. The van der Waals surface area contributed by atoms with Crippen LogP contribution in [0.4, 0.5) is 0 Å². The molecule has 2 aliphatic rings. The summed E-state index contributed by atoms with van der Waals surface area (Å²) in [4.78, 5) is 16.5. The second-order valence-corrected chi connectivity index (χ2v) is 6.39. The third-order valence-corrected chi connectivity index (χ3v) is 4.84. The Kier molecular flexibility index (Phi) is 4.76. The minimum Gasteiger partial charge on any atom is -0.387 e. The SMILES string of the molecule is CN(CC(=O)N1Cc2ccccc2[C@H](O)C1)C1CCNCC1. The molecule has 3 rings (SSSR count). The van der Waals surface area contributed by atoms with Gasteiger partial charge in [-0.05, 0) is 44.1 Å².